The zero-order valence-corrected chi connectivity index (χ0v) is 16.4. The van der Waals surface area contributed by atoms with Crippen molar-refractivity contribution < 1.29 is 9.53 Å². The van der Waals surface area contributed by atoms with Crippen molar-refractivity contribution in [2.45, 2.75) is 43.4 Å². The van der Waals surface area contributed by atoms with Crippen LogP contribution in [0.4, 0.5) is 0 Å². The number of thioether (sulfide) groups is 1. The fourth-order valence-electron chi connectivity index (χ4n) is 4.18. The van der Waals surface area contributed by atoms with Crippen LogP contribution in [0.5, 0.6) is 0 Å². The van der Waals surface area contributed by atoms with Gasteiger partial charge in [-0.2, -0.15) is 11.8 Å². The maximum Gasteiger partial charge on any atom is 0.249 e. The highest BCUT2D eigenvalue weighted by molar-refractivity contribution is 7.99. The average Bonchev–Trinajstić information content (AvgIpc) is 3.11. The van der Waals surface area contributed by atoms with Gasteiger partial charge in [0.05, 0.1) is 17.6 Å². The van der Waals surface area contributed by atoms with Crippen LogP contribution in [-0.2, 0) is 21.5 Å². The Kier molecular flexibility index (Phi) is 6.07. The van der Waals surface area contributed by atoms with Gasteiger partial charge in [-0.25, -0.2) is 4.98 Å². The third-order valence-corrected chi connectivity index (χ3v) is 6.81. The topological polar surface area (TPSA) is 61.5 Å². The van der Waals surface area contributed by atoms with E-state index in [1.807, 2.05) is 16.7 Å². The number of aromatic nitrogens is 2. The number of nitrogens with one attached hydrogen (secondary N) is 1. The first-order valence-electron chi connectivity index (χ1n) is 9.18. The summed E-state index contributed by atoms with van der Waals surface area (Å²) in [6, 6.07) is 0. The van der Waals surface area contributed by atoms with E-state index in [9.17, 15) is 4.79 Å². The number of carbonyl (C=O) groups excluding carboxylic acids is 1. The van der Waals surface area contributed by atoms with E-state index in [1.54, 1.807) is 13.4 Å². The molecule has 7 heteroatoms. The second-order valence-corrected chi connectivity index (χ2v) is 8.44. The molecule has 0 aromatic carbocycles. The predicted molar refractivity (Wildman–Crippen MR) is 101 cm³/mol. The molecule has 0 bridgehead atoms. The van der Waals surface area contributed by atoms with E-state index in [0.29, 0.717) is 5.25 Å². The van der Waals surface area contributed by atoms with Gasteiger partial charge in [-0.1, -0.05) is 6.92 Å². The third kappa shape index (κ3) is 3.73. The lowest BCUT2D eigenvalue weighted by Gasteiger charge is -2.50. The van der Waals surface area contributed by atoms with E-state index in [2.05, 4.69) is 28.0 Å². The lowest BCUT2D eigenvalue weighted by molar-refractivity contribution is -0.146. The van der Waals surface area contributed by atoms with Gasteiger partial charge in [-0.05, 0) is 32.1 Å². The van der Waals surface area contributed by atoms with Gasteiger partial charge >= 0.3 is 0 Å². The summed E-state index contributed by atoms with van der Waals surface area (Å²) in [7, 11) is 1.59. The summed E-state index contributed by atoms with van der Waals surface area (Å²) in [5, 5.41) is 0.697. The molecule has 1 N–H and O–H groups in total. The van der Waals surface area contributed by atoms with Crippen molar-refractivity contribution in [3.8, 4) is 0 Å². The van der Waals surface area contributed by atoms with Gasteiger partial charge in [0.2, 0.25) is 5.91 Å². The van der Waals surface area contributed by atoms with Gasteiger partial charge in [-0.3, -0.25) is 4.79 Å². The molecule has 140 valence electrons. The van der Waals surface area contributed by atoms with Crippen molar-refractivity contribution in [1.82, 2.24) is 19.8 Å². The lowest BCUT2D eigenvalue weighted by Crippen LogP contribution is -2.59. The van der Waals surface area contributed by atoms with E-state index in [-0.39, 0.29) is 18.1 Å². The highest BCUT2D eigenvalue weighted by atomic mass is 32.2. The summed E-state index contributed by atoms with van der Waals surface area (Å²) >= 11 is 1.93. The number of H-pyrrole nitrogens is 1. The van der Waals surface area contributed by atoms with Gasteiger partial charge in [0.25, 0.3) is 0 Å². The van der Waals surface area contributed by atoms with Crippen LogP contribution in [0, 0.1) is 0 Å². The number of likely N-dealkylation sites (tertiary alicyclic amines) is 1. The molecule has 3 heterocycles. The Hall–Kier alpha value is -1.05. The monoisotopic (exact) mass is 366 g/mol. The molecule has 25 heavy (non-hydrogen) atoms. The summed E-state index contributed by atoms with van der Waals surface area (Å²) in [5.74, 6) is 0.0839. The Morgan fingerprint density at radius 3 is 2.88 bits per heavy atom. The van der Waals surface area contributed by atoms with E-state index in [0.717, 1.165) is 51.1 Å². The molecular weight excluding hydrogens is 336 g/mol. The summed E-state index contributed by atoms with van der Waals surface area (Å²) < 4.78 is 5.13. The Bertz CT molecular complexity index is 583. The van der Waals surface area contributed by atoms with Crippen LogP contribution < -0.4 is 0 Å². The van der Waals surface area contributed by atoms with E-state index in [4.69, 9.17) is 4.74 Å². The van der Waals surface area contributed by atoms with Crippen molar-refractivity contribution in [2.24, 2.45) is 0 Å². The Morgan fingerprint density at radius 1 is 1.44 bits per heavy atom. The van der Waals surface area contributed by atoms with Crippen LogP contribution in [-0.4, -0.2) is 77.1 Å². The first kappa shape index (κ1) is 18.7. The predicted octanol–water partition coefficient (Wildman–Crippen LogP) is 1.87. The molecule has 0 saturated carbocycles. The highest BCUT2D eigenvalue weighted by Gasteiger charge is 2.48. The number of rotatable bonds is 6. The van der Waals surface area contributed by atoms with E-state index < -0.39 is 0 Å². The molecule has 2 aliphatic rings. The normalized spacial score (nSPS) is 21.3. The number of aromatic amines is 1. The fraction of sp³-hybridized carbons (Fsp3) is 0.778. The third-order valence-electron chi connectivity index (χ3n) is 5.77. The molecule has 0 aliphatic carbocycles. The molecule has 1 aromatic rings. The van der Waals surface area contributed by atoms with Gasteiger partial charge < -0.3 is 19.5 Å². The van der Waals surface area contributed by atoms with Crippen molar-refractivity contribution >= 4 is 17.7 Å². The number of fused-ring (bicyclic) bond motifs is 2. The molecule has 3 rings (SSSR count). The summed E-state index contributed by atoms with van der Waals surface area (Å²) in [4.78, 5) is 25.2. The van der Waals surface area contributed by atoms with Crippen LogP contribution in [0.1, 0.15) is 37.6 Å². The second-order valence-electron chi connectivity index (χ2n) is 7.17. The summed E-state index contributed by atoms with van der Waals surface area (Å²) in [6.07, 6.45) is 7.93. The molecule has 1 fully saturated rings. The van der Waals surface area contributed by atoms with Crippen molar-refractivity contribution in [3.05, 3.63) is 17.7 Å². The minimum Gasteiger partial charge on any atom is -0.375 e. The van der Waals surface area contributed by atoms with E-state index >= 15 is 0 Å². The van der Waals surface area contributed by atoms with Crippen LogP contribution in [0.25, 0.3) is 0 Å². The number of imidazole rings is 1. The molecule has 1 spiro atoms. The molecule has 0 radical (unpaired) electrons. The van der Waals surface area contributed by atoms with Crippen molar-refractivity contribution in [3.63, 3.8) is 0 Å². The highest BCUT2D eigenvalue weighted by Crippen LogP contribution is 2.42. The molecular formula is C18H30N4O2S. The van der Waals surface area contributed by atoms with Crippen LogP contribution in [0.2, 0.25) is 0 Å². The maximum absolute atomic E-state index is 12.7. The first-order chi connectivity index (χ1) is 12.1. The quantitative estimate of drug-likeness (QED) is 0.833. The number of ether oxygens (including phenoxy) is 1. The maximum atomic E-state index is 12.7. The molecule has 1 amide bonds. The first-order valence-corrected chi connectivity index (χ1v) is 10.5. The fourth-order valence-corrected chi connectivity index (χ4v) is 4.52. The molecule has 1 atom stereocenters. The lowest BCUT2D eigenvalue weighted by atomic mass is 9.78. The van der Waals surface area contributed by atoms with Crippen molar-refractivity contribution in [2.75, 3.05) is 46.2 Å². The average molecular weight is 367 g/mol. The Labute approximate surface area is 154 Å². The Morgan fingerprint density at radius 2 is 2.20 bits per heavy atom. The SMILES string of the molecule is COCC(=O)N1CCc2[nH]cnc2C12CCN(CC[C@H](C)SC)CC2. The van der Waals surface area contributed by atoms with Crippen LogP contribution in [0.3, 0.4) is 0 Å². The number of carbonyl (C=O) groups is 1. The minimum atomic E-state index is -0.259. The molecule has 6 nitrogen and oxygen atoms in total. The Balaban J connectivity index is 1.74. The standard InChI is InChI=1S/C18H30N4O2S/c1-14(25-3)4-8-21-10-6-18(7-11-21)17-15(19-13-20-17)5-9-22(18)16(23)12-24-2/h13-14H,4-12H2,1-3H3,(H,19,20)/t14-/m0/s1. The number of hydrogen-bond acceptors (Lipinski definition) is 5. The summed E-state index contributed by atoms with van der Waals surface area (Å²) in [6.45, 7) is 6.36. The number of nitrogens with zero attached hydrogens (tertiary/aromatic N) is 3. The van der Waals surface area contributed by atoms with Crippen molar-refractivity contribution in [1.29, 1.82) is 0 Å². The largest absolute Gasteiger partial charge is 0.375 e. The molecule has 0 unspecified atom stereocenters. The summed E-state index contributed by atoms with van der Waals surface area (Å²) in [5.41, 5.74) is 2.02. The van der Waals surface area contributed by atoms with Crippen LogP contribution in [0.15, 0.2) is 6.33 Å². The number of methoxy groups -OCH3 is 1. The van der Waals surface area contributed by atoms with Gasteiger partial charge in [0.15, 0.2) is 0 Å². The van der Waals surface area contributed by atoms with Gasteiger partial charge in [-0.15, -0.1) is 0 Å². The zero-order valence-electron chi connectivity index (χ0n) is 15.6. The van der Waals surface area contributed by atoms with E-state index in [1.165, 1.54) is 12.1 Å². The molecule has 1 saturated heterocycles. The smallest absolute Gasteiger partial charge is 0.249 e. The number of hydrogen-bond donors (Lipinski definition) is 1. The van der Waals surface area contributed by atoms with Gasteiger partial charge in [0, 0.05) is 44.1 Å². The number of piperidine rings is 1. The van der Waals surface area contributed by atoms with Crippen LogP contribution >= 0.6 is 11.8 Å². The molecule has 2 aliphatic heterocycles. The molecule has 1 aromatic heterocycles. The minimum absolute atomic E-state index is 0.0839. The second kappa shape index (κ2) is 8.10. The van der Waals surface area contributed by atoms with Gasteiger partial charge in [0.1, 0.15) is 6.61 Å². The number of amides is 1. The zero-order chi connectivity index (χ0) is 17.9.